The monoisotopic (exact) mass is 268 g/mol. The maximum Gasteiger partial charge on any atom is 0.303 e. The van der Waals surface area contributed by atoms with Crippen LogP contribution in [0.1, 0.15) is 23.2 Å². The van der Waals surface area contributed by atoms with E-state index in [1.165, 1.54) is 14.2 Å². The molecule has 0 atom stereocenters. The van der Waals surface area contributed by atoms with E-state index in [9.17, 15) is 9.59 Å². The van der Waals surface area contributed by atoms with Gasteiger partial charge in [0.2, 0.25) is 0 Å². The number of aliphatic carboxylic acids is 1. The molecule has 0 spiro atoms. The van der Waals surface area contributed by atoms with Gasteiger partial charge >= 0.3 is 5.97 Å². The highest BCUT2D eigenvalue weighted by Gasteiger charge is 2.15. The number of methoxy groups -OCH3 is 2. The van der Waals surface area contributed by atoms with E-state index in [4.69, 9.17) is 19.3 Å². The maximum atomic E-state index is 11.9. The Morgan fingerprint density at radius 2 is 1.95 bits per heavy atom. The second kappa shape index (κ2) is 7.38. The molecule has 104 valence electrons. The summed E-state index contributed by atoms with van der Waals surface area (Å²) in [6, 6.07) is 4.73. The summed E-state index contributed by atoms with van der Waals surface area (Å²) in [7, 11) is 2.97. The molecule has 6 nitrogen and oxygen atoms in total. The van der Waals surface area contributed by atoms with Gasteiger partial charge in [-0.2, -0.15) is 0 Å². The summed E-state index contributed by atoms with van der Waals surface area (Å²) < 4.78 is 15.1. The number of ketones is 1. The Morgan fingerprint density at radius 3 is 2.53 bits per heavy atom. The number of hydrogen-bond donors (Lipinski definition) is 1. The van der Waals surface area contributed by atoms with Gasteiger partial charge < -0.3 is 19.3 Å². The van der Waals surface area contributed by atoms with Gasteiger partial charge in [0.15, 0.2) is 12.6 Å². The van der Waals surface area contributed by atoms with Crippen molar-refractivity contribution < 1.29 is 28.9 Å². The zero-order valence-electron chi connectivity index (χ0n) is 10.8. The largest absolute Gasteiger partial charge is 0.497 e. The third-order valence-corrected chi connectivity index (χ3v) is 2.39. The Kier molecular flexibility index (Phi) is 5.81. The molecule has 0 heterocycles. The molecular formula is C13H16O6. The predicted molar refractivity (Wildman–Crippen MR) is 66.7 cm³/mol. The zero-order valence-corrected chi connectivity index (χ0v) is 10.8. The number of hydrogen-bond acceptors (Lipinski definition) is 5. The first-order chi connectivity index (χ1) is 9.08. The second-order valence-corrected chi connectivity index (χ2v) is 3.73. The van der Waals surface area contributed by atoms with Crippen molar-refractivity contribution in [3.63, 3.8) is 0 Å². The maximum absolute atomic E-state index is 11.9. The van der Waals surface area contributed by atoms with Crippen molar-refractivity contribution in [2.45, 2.75) is 12.8 Å². The SMILES string of the molecule is COCOc1cc(OC)ccc1C(=O)CCC(=O)O. The third kappa shape index (κ3) is 4.59. The van der Waals surface area contributed by atoms with Gasteiger partial charge in [0.25, 0.3) is 0 Å². The van der Waals surface area contributed by atoms with Crippen LogP contribution in [-0.4, -0.2) is 37.9 Å². The van der Waals surface area contributed by atoms with E-state index in [0.717, 1.165) is 0 Å². The minimum absolute atomic E-state index is 0.00756. The van der Waals surface area contributed by atoms with E-state index in [-0.39, 0.29) is 25.4 Å². The highest BCUT2D eigenvalue weighted by Crippen LogP contribution is 2.26. The molecule has 0 fully saturated rings. The smallest absolute Gasteiger partial charge is 0.303 e. The number of benzene rings is 1. The van der Waals surface area contributed by atoms with E-state index >= 15 is 0 Å². The lowest BCUT2D eigenvalue weighted by atomic mass is 10.1. The van der Waals surface area contributed by atoms with Gasteiger partial charge in [-0.15, -0.1) is 0 Å². The molecule has 0 saturated heterocycles. The van der Waals surface area contributed by atoms with Crippen molar-refractivity contribution in [3.8, 4) is 11.5 Å². The molecule has 0 bridgehead atoms. The first-order valence-electron chi connectivity index (χ1n) is 5.63. The van der Waals surface area contributed by atoms with Crippen molar-refractivity contribution in [1.82, 2.24) is 0 Å². The molecule has 1 aromatic rings. The first kappa shape index (κ1) is 15.0. The molecule has 1 N–H and O–H groups in total. The highest BCUT2D eigenvalue weighted by molar-refractivity contribution is 6.00. The van der Waals surface area contributed by atoms with Crippen molar-refractivity contribution in [3.05, 3.63) is 23.8 Å². The normalized spacial score (nSPS) is 10.0. The van der Waals surface area contributed by atoms with Gasteiger partial charge in [-0.3, -0.25) is 9.59 Å². The van der Waals surface area contributed by atoms with Gasteiger partial charge in [-0.1, -0.05) is 0 Å². The van der Waals surface area contributed by atoms with Crippen molar-refractivity contribution in [1.29, 1.82) is 0 Å². The molecule has 1 rings (SSSR count). The van der Waals surface area contributed by atoms with Crippen LogP contribution in [0.25, 0.3) is 0 Å². The summed E-state index contributed by atoms with van der Waals surface area (Å²) in [5, 5.41) is 8.58. The quantitative estimate of drug-likeness (QED) is 0.571. The first-order valence-corrected chi connectivity index (χ1v) is 5.63. The highest BCUT2D eigenvalue weighted by atomic mass is 16.7. The van der Waals surface area contributed by atoms with Gasteiger partial charge in [0, 0.05) is 19.6 Å². The average molecular weight is 268 g/mol. The fourth-order valence-corrected chi connectivity index (χ4v) is 1.46. The van der Waals surface area contributed by atoms with E-state index in [0.29, 0.717) is 17.1 Å². The van der Waals surface area contributed by atoms with Gasteiger partial charge in [0.05, 0.1) is 19.1 Å². The molecule has 0 unspecified atom stereocenters. The summed E-state index contributed by atoms with van der Waals surface area (Å²) in [5.41, 5.74) is 0.319. The van der Waals surface area contributed by atoms with Crippen molar-refractivity contribution in [2.24, 2.45) is 0 Å². The summed E-state index contributed by atoms with van der Waals surface area (Å²) >= 11 is 0. The summed E-state index contributed by atoms with van der Waals surface area (Å²) in [4.78, 5) is 22.4. The van der Waals surface area contributed by atoms with Crippen LogP contribution < -0.4 is 9.47 Å². The zero-order chi connectivity index (χ0) is 14.3. The Morgan fingerprint density at radius 1 is 1.21 bits per heavy atom. The third-order valence-electron chi connectivity index (χ3n) is 2.39. The minimum Gasteiger partial charge on any atom is -0.497 e. The predicted octanol–water partition coefficient (Wildman–Crippen LogP) is 1.73. The van der Waals surface area contributed by atoms with Crippen LogP contribution in [-0.2, 0) is 9.53 Å². The summed E-state index contributed by atoms with van der Waals surface area (Å²) in [6.07, 6.45) is -0.292. The number of carboxylic acid groups (broad SMARTS) is 1. The standard InChI is InChI=1S/C13H16O6/c1-17-8-19-12-7-9(18-2)3-4-10(12)11(14)5-6-13(15)16/h3-4,7H,5-6,8H2,1-2H3,(H,15,16). The number of carbonyl (C=O) groups excluding carboxylic acids is 1. The topological polar surface area (TPSA) is 82.1 Å². The fraction of sp³-hybridized carbons (Fsp3) is 0.385. The number of carbonyl (C=O) groups is 2. The molecule has 1 aromatic carbocycles. The van der Waals surface area contributed by atoms with Crippen LogP contribution >= 0.6 is 0 Å². The molecule has 6 heteroatoms. The lowest BCUT2D eigenvalue weighted by Crippen LogP contribution is -2.08. The number of rotatable bonds is 8. The van der Waals surface area contributed by atoms with Gasteiger partial charge in [-0.05, 0) is 12.1 Å². The van der Waals surface area contributed by atoms with Crippen LogP contribution in [0.5, 0.6) is 11.5 Å². The molecule has 0 aromatic heterocycles. The number of Topliss-reactive ketones (excluding diaryl/α,β-unsaturated/α-hetero) is 1. The number of carboxylic acids is 1. The Bertz CT molecular complexity index is 454. The lowest BCUT2D eigenvalue weighted by molar-refractivity contribution is -0.136. The summed E-state index contributed by atoms with van der Waals surface area (Å²) in [5.74, 6) is -0.449. The Hall–Kier alpha value is -2.08. The molecule has 0 aliphatic rings. The van der Waals surface area contributed by atoms with E-state index in [1.807, 2.05) is 0 Å². The molecule has 0 saturated carbocycles. The Balaban J connectivity index is 2.90. The molecule has 0 amide bonds. The van der Waals surface area contributed by atoms with Crippen LogP contribution in [0.3, 0.4) is 0 Å². The van der Waals surface area contributed by atoms with Gasteiger partial charge in [0.1, 0.15) is 11.5 Å². The van der Waals surface area contributed by atoms with E-state index in [1.54, 1.807) is 18.2 Å². The van der Waals surface area contributed by atoms with Gasteiger partial charge in [-0.25, -0.2) is 0 Å². The molecule has 0 aliphatic carbocycles. The Labute approximate surface area is 110 Å². The minimum atomic E-state index is -1.01. The average Bonchev–Trinajstić information content (AvgIpc) is 2.42. The van der Waals surface area contributed by atoms with Crippen molar-refractivity contribution in [2.75, 3.05) is 21.0 Å². The van der Waals surface area contributed by atoms with E-state index < -0.39 is 5.97 Å². The number of ether oxygens (including phenoxy) is 3. The van der Waals surface area contributed by atoms with E-state index in [2.05, 4.69) is 0 Å². The lowest BCUT2D eigenvalue weighted by Gasteiger charge is -2.11. The van der Waals surface area contributed by atoms with Crippen LogP contribution in [0.2, 0.25) is 0 Å². The fourth-order valence-electron chi connectivity index (χ4n) is 1.46. The van der Waals surface area contributed by atoms with Crippen LogP contribution in [0, 0.1) is 0 Å². The van der Waals surface area contributed by atoms with Crippen LogP contribution in [0.4, 0.5) is 0 Å². The molecular weight excluding hydrogens is 252 g/mol. The van der Waals surface area contributed by atoms with Crippen molar-refractivity contribution >= 4 is 11.8 Å². The molecule has 19 heavy (non-hydrogen) atoms. The molecule has 0 radical (unpaired) electrons. The summed E-state index contributed by atoms with van der Waals surface area (Å²) in [6.45, 7) is -0.00756. The van der Waals surface area contributed by atoms with Crippen LogP contribution in [0.15, 0.2) is 18.2 Å². The second-order valence-electron chi connectivity index (χ2n) is 3.73. The molecule has 0 aliphatic heterocycles.